The van der Waals surface area contributed by atoms with E-state index in [2.05, 4.69) is 13.8 Å². The molecule has 1 amide bonds. The van der Waals surface area contributed by atoms with Gasteiger partial charge in [0.1, 0.15) is 0 Å². The zero-order chi connectivity index (χ0) is 16.6. The van der Waals surface area contributed by atoms with Gasteiger partial charge in [-0.05, 0) is 48.2 Å². The Bertz CT molecular complexity index is 725. The van der Waals surface area contributed by atoms with Gasteiger partial charge in [-0.2, -0.15) is 0 Å². The van der Waals surface area contributed by atoms with Crippen LogP contribution in [0.3, 0.4) is 0 Å². The van der Waals surface area contributed by atoms with Crippen LogP contribution < -0.4 is 4.90 Å². The number of aliphatic hydroxyl groups is 1. The van der Waals surface area contributed by atoms with E-state index in [1.54, 1.807) is 23.1 Å². The third-order valence-corrected chi connectivity index (χ3v) is 4.57. The van der Waals surface area contributed by atoms with Crippen molar-refractivity contribution < 1.29 is 9.90 Å². The maximum Gasteiger partial charge on any atom is 0.258 e. The Morgan fingerprint density at radius 1 is 1.22 bits per heavy atom. The van der Waals surface area contributed by atoms with Crippen LogP contribution in [-0.2, 0) is 0 Å². The van der Waals surface area contributed by atoms with Crippen molar-refractivity contribution in [3.8, 4) is 0 Å². The lowest BCUT2D eigenvalue weighted by atomic mass is 9.97. The molecule has 0 fully saturated rings. The number of nitrogens with zero attached hydrogens (tertiary/aromatic N) is 1. The lowest BCUT2D eigenvalue weighted by Gasteiger charge is -2.32. The van der Waals surface area contributed by atoms with Crippen LogP contribution in [0.1, 0.15) is 53.8 Å². The minimum atomic E-state index is -0.573. The van der Waals surface area contributed by atoms with E-state index in [-0.39, 0.29) is 5.91 Å². The van der Waals surface area contributed by atoms with Crippen LogP contribution in [0.5, 0.6) is 0 Å². The Balaban J connectivity index is 1.93. The van der Waals surface area contributed by atoms with E-state index in [9.17, 15) is 9.90 Å². The summed E-state index contributed by atoms with van der Waals surface area (Å²) in [6, 6.07) is 13.0. The van der Waals surface area contributed by atoms with E-state index < -0.39 is 6.10 Å². The molecule has 1 atom stereocenters. The van der Waals surface area contributed by atoms with Gasteiger partial charge < -0.3 is 10.0 Å². The number of benzene rings is 2. The molecular weight excluding hydrogens is 310 g/mol. The number of halogens is 1. The molecule has 0 spiro atoms. The van der Waals surface area contributed by atoms with Crippen molar-refractivity contribution in [3.05, 3.63) is 64.2 Å². The molecule has 120 valence electrons. The smallest absolute Gasteiger partial charge is 0.258 e. The fraction of sp³-hybridized carbons (Fsp3) is 0.316. The number of anilines is 1. The number of aliphatic hydroxyl groups excluding tert-OH is 1. The van der Waals surface area contributed by atoms with Gasteiger partial charge in [0.25, 0.3) is 5.91 Å². The van der Waals surface area contributed by atoms with Gasteiger partial charge in [0, 0.05) is 28.4 Å². The summed E-state index contributed by atoms with van der Waals surface area (Å²) in [5.41, 5.74) is 3.33. The summed E-state index contributed by atoms with van der Waals surface area (Å²) in [6.45, 7) is 4.76. The van der Waals surface area contributed by atoms with E-state index in [1.165, 1.54) is 5.56 Å². The molecule has 1 aliphatic rings. The number of carbonyl (C=O) groups excluding carboxylic acids is 1. The third-order valence-electron chi connectivity index (χ3n) is 4.33. The largest absolute Gasteiger partial charge is 0.388 e. The zero-order valence-electron chi connectivity index (χ0n) is 13.3. The predicted octanol–water partition coefficient (Wildman–Crippen LogP) is 4.55. The van der Waals surface area contributed by atoms with Crippen LogP contribution in [-0.4, -0.2) is 17.6 Å². The minimum Gasteiger partial charge on any atom is -0.388 e. The van der Waals surface area contributed by atoms with Gasteiger partial charge in [0.05, 0.1) is 6.10 Å². The van der Waals surface area contributed by atoms with Crippen molar-refractivity contribution in [2.75, 3.05) is 11.4 Å². The Kier molecular flexibility index (Phi) is 4.42. The van der Waals surface area contributed by atoms with Crippen LogP contribution >= 0.6 is 11.6 Å². The maximum atomic E-state index is 12.8. The second kappa shape index (κ2) is 6.34. The molecule has 0 aliphatic carbocycles. The number of hydrogen-bond donors (Lipinski definition) is 1. The van der Waals surface area contributed by atoms with Crippen molar-refractivity contribution in [1.82, 2.24) is 0 Å². The van der Waals surface area contributed by atoms with Crippen molar-refractivity contribution in [2.45, 2.75) is 32.3 Å². The van der Waals surface area contributed by atoms with E-state index >= 15 is 0 Å². The predicted molar refractivity (Wildman–Crippen MR) is 93.2 cm³/mol. The number of fused-ring (bicyclic) bond motifs is 1. The quantitative estimate of drug-likeness (QED) is 0.878. The first-order valence-electron chi connectivity index (χ1n) is 7.86. The SMILES string of the molecule is CC(C)c1ccc(C(=O)N2CCC(O)c3cc(Cl)ccc32)cc1. The van der Waals surface area contributed by atoms with Gasteiger partial charge in [0.2, 0.25) is 0 Å². The van der Waals surface area contributed by atoms with Crippen molar-refractivity contribution in [1.29, 1.82) is 0 Å². The van der Waals surface area contributed by atoms with E-state index in [0.29, 0.717) is 29.5 Å². The van der Waals surface area contributed by atoms with Gasteiger partial charge in [0.15, 0.2) is 0 Å². The lowest BCUT2D eigenvalue weighted by molar-refractivity contribution is 0.0970. The average molecular weight is 330 g/mol. The van der Waals surface area contributed by atoms with E-state index in [1.807, 2.05) is 24.3 Å². The molecule has 4 heteroatoms. The third kappa shape index (κ3) is 3.12. The van der Waals surface area contributed by atoms with Crippen molar-refractivity contribution in [2.24, 2.45) is 0 Å². The second-order valence-electron chi connectivity index (χ2n) is 6.24. The Morgan fingerprint density at radius 2 is 1.91 bits per heavy atom. The molecule has 0 radical (unpaired) electrons. The highest BCUT2D eigenvalue weighted by molar-refractivity contribution is 6.30. The monoisotopic (exact) mass is 329 g/mol. The second-order valence-corrected chi connectivity index (χ2v) is 6.68. The molecule has 2 aromatic rings. The van der Waals surface area contributed by atoms with Gasteiger partial charge in [-0.1, -0.05) is 37.6 Å². The highest BCUT2D eigenvalue weighted by atomic mass is 35.5. The Labute approximate surface area is 141 Å². The molecule has 0 saturated carbocycles. The molecule has 0 saturated heterocycles. The summed E-state index contributed by atoms with van der Waals surface area (Å²) in [6.07, 6.45) is -0.0561. The highest BCUT2D eigenvalue weighted by Gasteiger charge is 2.28. The fourth-order valence-electron chi connectivity index (χ4n) is 2.94. The molecule has 3 rings (SSSR count). The molecule has 1 aliphatic heterocycles. The van der Waals surface area contributed by atoms with Crippen molar-refractivity contribution in [3.63, 3.8) is 0 Å². The van der Waals surface area contributed by atoms with Crippen LogP contribution in [0.25, 0.3) is 0 Å². The first-order valence-corrected chi connectivity index (χ1v) is 8.24. The standard InChI is InChI=1S/C19H20ClNO2/c1-12(2)13-3-5-14(6-4-13)19(23)21-10-9-18(22)16-11-15(20)7-8-17(16)21/h3-8,11-12,18,22H,9-10H2,1-2H3. The summed E-state index contributed by atoms with van der Waals surface area (Å²) in [4.78, 5) is 14.6. The maximum absolute atomic E-state index is 12.8. The van der Waals surface area contributed by atoms with Gasteiger partial charge in [-0.3, -0.25) is 4.79 Å². The zero-order valence-corrected chi connectivity index (χ0v) is 14.0. The molecule has 0 aromatic heterocycles. The molecule has 23 heavy (non-hydrogen) atoms. The highest BCUT2D eigenvalue weighted by Crippen LogP contribution is 2.36. The van der Waals surface area contributed by atoms with Crippen LogP contribution in [0.15, 0.2) is 42.5 Å². The van der Waals surface area contributed by atoms with Crippen LogP contribution in [0.2, 0.25) is 5.02 Å². The van der Waals surface area contributed by atoms with Crippen LogP contribution in [0, 0.1) is 0 Å². The molecule has 1 heterocycles. The lowest BCUT2D eigenvalue weighted by Crippen LogP contribution is -2.36. The van der Waals surface area contributed by atoms with Crippen LogP contribution in [0.4, 0.5) is 5.69 Å². The molecule has 1 unspecified atom stereocenters. The average Bonchev–Trinajstić information content (AvgIpc) is 2.55. The van der Waals surface area contributed by atoms with Gasteiger partial charge in [-0.25, -0.2) is 0 Å². The Morgan fingerprint density at radius 3 is 2.57 bits per heavy atom. The normalized spacial score (nSPS) is 17.3. The number of carbonyl (C=O) groups is 1. The summed E-state index contributed by atoms with van der Waals surface area (Å²) in [7, 11) is 0. The van der Waals surface area contributed by atoms with E-state index in [0.717, 1.165) is 11.3 Å². The van der Waals surface area contributed by atoms with Crippen molar-refractivity contribution >= 4 is 23.2 Å². The fourth-order valence-corrected chi connectivity index (χ4v) is 3.12. The molecule has 3 nitrogen and oxygen atoms in total. The topological polar surface area (TPSA) is 40.5 Å². The summed E-state index contributed by atoms with van der Waals surface area (Å²) >= 11 is 6.02. The Hall–Kier alpha value is -1.84. The van der Waals surface area contributed by atoms with E-state index in [4.69, 9.17) is 11.6 Å². The number of rotatable bonds is 2. The molecule has 2 aromatic carbocycles. The number of amides is 1. The molecular formula is C19H20ClNO2. The summed E-state index contributed by atoms with van der Waals surface area (Å²) < 4.78 is 0. The minimum absolute atomic E-state index is 0.0456. The summed E-state index contributed by atoms with van der Waals surface area (Å²) in [5, 5.41) is 10.7. The van der Waals surface area contributed by atoms with Gasteiger partial charge in [-0.15, -0.1) is 0 Å². The molecule has 0 bridgehead atoms. The van der Waals surface area contributed by atoms with Gasteiger partial charge >= 0.3 is 0 Å². The summed E-state index contributed by atoms with van der Waals surface area (Å²) in [5.74, 6) is 0.392. The molecule has 1 N–H and O–H groups in total. The first kappa shape index (κ1) is 16.0. The number of hydrogen-bond acceptors (Lipinski definition) is 2. The first-order chi connectivity index (χ1) is 11.0.